The first kappa shape index (κ1) is 18.9. The zero-order valence-corrected chi connectivity index (χ0v) is 15.8. The summed E-state index contributed by atoms with van der Waals surface area (Å²) in [5, 5.41) is 6.75. The Morgan fingerprint density at radius 3 is 3.04 bits per heavy atom. The van der Waals surface area contributed by atoms with Gasteiger partial charge < -0.3 is 20.3 Å². The maximum atomic E-state index is 13.9. The van der Waals surface area contributed by atoms with Crippen molar-refractivity contribution < 1.29 is 9.13 Å². The lowest BCUT2D eigenvalue weighted by Crippen LogP contribution is -2.45. The summed E-state index contributed by atoms with van der Waals surface area (Å²) in [5.41, 5.74) is 1.20. The number of methoxy groups -OCH3 is 1. The quantitative estimate of drug-likeness (QED) is 0.602. The second kappa shape index (κ2) is 9.21. The van der Waals surface area contributed by atoms with E-state index >= 15 is 0 Å². The summed E-state index contributed by atoms with van der Waals surface area (Å²) < 4.78 is 19.2. The van der Waals surface area contributed by atoms with Crippen molar-refractivity contribution in [2.24, 2.45) is 4.99 Å². The van der Waals surface area contributed by atoms with Gasteiger partial charge in [-0.25, -0.2) is 9.37 Å². The monoisotopic (exact) mass is 371 g/mol. The van der Waals surface area contributed by atoms with Crippen molar-refractivity contribution in [1.82, 2.24) is 15.6 Å². The molecule has 0 bridgehead atoms. The number of anilines is 1. The Morgan fingerprint density at radius 1 is 1.37 bits per heavy atom. The minimum atomic E-state index is -0.279. The van der Waals surface area contributed by atoms with Gasteiger partial charge in [0.15, 0.2) is 17.6 Å². The number of halogens is 1. The number of aromatic nitrogens is 1. The van der Waals surface area contributed by atoms with E-state index in [0.717, 1.165) is 37.6 Å². The molecule has 1 aliphatic heterocycles. The van der Waals surface area contributed by atoms with Gasteiger partial charge >= 0.3 is 0 Å². The second-order valence-electron chi connectivity index (χ2n) is 6.49. The van der Waals surface area contributed by atoms with Gasteiger partial charge in [-0.05, 0) is 42.7 Å². The molecule has 1 atom stereocenters. The number of rotatable bonds is 6. The standard InChI is InChI=1S/C20H26FN5O/c1-22-20(24-11-8-15-5-3-6-17(13-15)27-2)25-16-9-12-26(14-16)19-18(21)7-4-10-23-19/h3-7,10,13,16H,8-9,11-12,14H2,1-2H3,(H2,22,24,25). The number of hydrogen-bond donors (Lipinski definition) is 2. The molecule has 1 aliphatic rings. The molecule has 1 saturated heterocycles. The van der Waals surface area contributed by atoms with Gasteiger partial charge in [0.2, 0.25) is 0 Å². The van der Waals surface area contributed by atoms with Crippen molar-refractivity contribution >= 4 is 11.8 Å². The Hall–Kier alpha value is -2.83. The van der Waals surface area contributed by atoms with E-state index in [-0.39, 0.29) is 11.9 Å². The average Bonchev–Trinajstić information content (AvgIpc) is 3.16. The predicted molar refractivity (Wildman–Crippen MR) is 106 cm³/mol. The normalized spacial score (nSPS) is 17.1. The molecule has 6 nitrogen and oxygen atoms in total. The van der Waals surface area contributed by atoms with E-state index < -0.39 is 0 Å². The Labute approximate surface area is 159 Å². The van der Waals surface area contributed by atoms with Crippen molar-refractivity contribution in [3.8, 4) is 5.75 Å². The van der Waals surface area contributed by atoms with Gasteiger partial charge in [-0.15, -0.1) is 0 Å². The van der Waals surface area contributed by atoms with Gasteiger partial charge in [-0.1, -0.05) is 12.1 Å². The Bertz CT molecular complexity index is 782. The first-order valence-electron chi connectivity index (χ1n) is 9.15. The number of guanidine groups is 1. The zero-order chi connectivity index (χ0) is 19.1. The van der Waals surface area contributed by atoms with Crippen LogP contribution < -0.4 is 20.3 Å². The fraction of sp³-hybridized carbons (Fsp3) is 0.400. The lowest BCUT2D eigenvalue weighted by molar-refractivity contribution is 0.414. The van der Waals surface area contributed by atoms with Gasteiger partial charge in [0, 0.05) is 38.9 Å². The molecule has 144 valence electrons. The van der Waals surface area contributed by atoms with Gasteiger partial charge in [0.25, 0.3) is 0 Å². The lowest BCUT2D eigenvalue weighted by atomic mass is 10.1. The molecule has 0 radical (unpaired) electrons. The van der Waals surface area contributed by atoms with Crippen LogP contribution in [0, 0.1) is 5.82 Å². The highest BCUT2D eigenvalue weighted by molar-refractivity contribution is 5.80. The van der Waals surface area contributed by atoms with Crippen LogP contribution in [0.15, 0.2) is 47.6 Å². The summed E-state index contributed by atoms with van der Waals surface area (Å²) in [6.45, 7) is 2.23. The highest BCUT2D eigenvalue weighted by atomic mass is 19.1. The molecule has 1 aromatic carbocycles. The molecule has 2 N–H and O–H groups in total. The van der Waals surface area contributed by atoms with Crippen molar-refractivity contribution in [3.05, 3.63) is 54.0 Å². The first-order valence-corrected chi connectivity index (χ1v) is 9.15. The van der Waals surface area contributed by atoms with Crippen LogP contribution in [0.4, 0.5) is 10.2 Å². The van der Waals surface area contributed by atoms with Crippen molar-refractivity contribution in [2.45, 2.75) is 18.9 Å². The van der Waals surface area contributed by atoms with E-state index in [9.17, 15) is 4.39 Å². The fourth-order valence-corrected chi connectivity index (χ4v) is 3.22. The largest absolute Gasteiger partial charge is 0.497 e. The van der Waals surface area contributed by atoms with Crippen LogP contribution in [0.3, 0.4) is 0 Å². The van der Waals surface area contributed by atoms with Crippen LogP contribution in [0.25, 0.3) is 0 Å². The minimum absolute atomic E-state index is 0.203. The van der Waals surface area contributed by atoms with Crippen LogP contribution in [0.2, 0.25) is 0 Å². The molecular weight excluding hydrogens is 345 g/mol. The van der Waals surface area contributed by atoms with Crippen LogP contribution in [-0.2, 0) is 6.42 Å². The van der Waals surface area contributed by atoms with E-state index in [1.807, 2.05) is 23.1 Å². The van der Waals surface area contributed by atoms with Crippen LogP contribution in [0.1, 0.15) is 12.0 Å². The number of hydrogen-bond acceptors (Lipinski definition) is 4. The molecule has 7 heteroatoms. The number of nitrogens with zero attached hydrogens (tertiary/aromatic N) is 3. The Balaban J connectivity index is 1.47. The number of pyridine rings is 1. The van der Waals surface area contributed by atoms with E-state index in [1.54, 1.807) is 26.4 Å². The van der Waals surface area contributed by atoms with Crippen LogP contribution >= 0.6 is 0 Å². The van der Waals surface area contributed by atoms with Gasteiger partial charge in [-0.3, -0.25) is 4.99 Å². The van der Waals surface area contributed by atoms with Crippen molar-refractivity contribution in [1.29, 1.82) is 0 Å². The SMILES string of the molecule is CN=C(NCCc1cccc(OC)c1)NC1CCN(c2ncccc2F)C1. The summed E-state index contributed by atoms with van der Waals surface area (Å²) in [4.78, 5) is 10.4. The lowest BCUT2D eigenvalue weighted by Gasteiger charge is -2.20. The molecular formula is C20H26FN5O. The molecule has 0 spiro atoms. The smallest absolute Gasteiger partial charge is 0.191 e. The second-order valence-corrected chi connectivity index (χ2v) is 6.49. The van der Waals surface area contributed by atoms with Gasteiger partial charge in [0.05, 0.1) is 7.11 Å². The molecule has 0 aliphatic carbocycles. The first-order chi connectivity index (χ1) is 13.2. The zero-order valence-electron chi connectivity index (χ0n) is 15.8. The summed E-state index contributed by atoms with van der Waals surface area (Å²) in [5.74, 6) is 1.76. The molecule has 1 fully saturated rings. The molecule has 0 saturated carbocycles. The van der Waals surface area contributed by atoms with Crippen molar-refractivity contribution in [2.75, 3.05) is 38.7 Å². The Morgan fingerprint density at radius 2 is 2.26 bits per heavy atom. The molecule has 27 heavy (non-hydrogen) atoms. The third kappa shape index (κ3) is 5.09. The van der Waals surface area contributed by atoms with Crippen molar-refractivity contribution in [3.63, 3.8) is 0 Å². The van der Waals surface area contributed by atoms with Crippen LogP contribution in [0.5, 0.6) is 5.75 Å². The third-order valence-corrected chi connectivity index (χ3v) is 4.63. The summed E-state index contributed by atoms with van der Waals surface area (Å²) in [6, 6.07) is 11.3. The highest BCUT2D eigenvalue weighted by Crippen LogP contribution is 2.20. The number of ether oxygens (including phenoxy) is 1. The maximum Gasteiger partial charge on any atom is 0.191 e. The highest BCUT2D eigenvalue weighted by Gasteiger charge is 2.25. The number of nitrogens with one attached hydrogen (secondary N) is 2. The molecule has 2 aromatic rings. The van der Waals surface area contributed by atoms with E-state index in [0.29, 0.717) is 12.4 Å². The molecule has 3 rings (SSSR count). The predicted octanol–water partition coefficient (Wildman–Crippen LogP) is 2.22. The minimum Gasteiger partial charge on any atom is -0.497 e. The fourth-order valence-electron chi connectivity index (χ4n) is 3.22. The number of aliphatic imine (C=N–C) groups is 1. The van der Waals surface area contributed by atoms with Gasteiger partial charge in [0.1, 0.15) is 5.75 Å². The van der Waals surface area contributed by atoms with E-state index in [1.165, 1.54) is 11.6 Å². The topological polar surface area (TPSA) is 61.8 Å². The molecule has 2 heterocycles. The molecule has 1 unspecified atom stereocenters. The molecule has 1 aromatic heterocycles. The summed E-state index contributed by atoms with van der Waals surface area (Å²) >= 11 is 0. The summed E-state index contributed by atoms with van der Waals surface area (Å²) in [7, 11) is 3.43. The number of benzene rings is 1. The Kier molecular flexibility index (Phi) is 6.46. The third-order valence-electron chi connectivity index (χ3n) is 4.63. The maximum absolute atomic E-state index is 13.9. The average molecular weight is 371 g/mol. The van der Waals surface area contributed by atoms with E-state index in [4.69, 9.17) is 4.74 Å². The summed E-state index contributed by atoms with van der Waals surface area (Å²) in [6.07, 6.45) is 3.40. The van der Waals surface area contributed by atoms with E-state index in [2.05, 4.69) is 26.7 Å². The molecule has 0 amide bonds. The van der Waals surface area contributed by atoms with Crippen LogP contribution in [-0.4, -0.2) is 50.8 Å². The van der Waals surface area contributed by atoms with Gasteiger partial charge in [-0.2, -0.15) is 0 Å².